The van der Waals surface area contributed by atoms with Gasteiger partial charge in [0.25, 0.3) is 0 Å². The first-order valence-corrected chi connectivity index (χ1v) is 6.57. The molecule has 0 heterocycles. The van der Waals surface area contributed by atoms with Crippen LogP contribution in [-0.2, 0) is 9.53 Å². The maximum absolute atomic E-state index is 11.5. The second-order valence-electron chi connectivity index (χ2n) is 4.19. The lowest BCUT2D eigenvalue weighted by atomic mass is 10.4. The Kier molecular flexibility index (Phi) is 3.93. The molecule has 4 nitrogen and oxygen atoms in total. The summed E-state index contributed by atoms with van der Waals surface area (Å²) in [7, 11) is 12.9. The van der Waals surface area contributed by atoms with Crippen LogP contribution in [-0.4, -0.2) is 65.6 Å². The van der Waals surface area contributed by atoms with Gasteiger partial charge in [-0.25, -0.2) is 0 Å². The van der Waals surface area contributed by atoms with Gasteiger partial charge in [-0.1, -0.05) is 0 Å². The molecular weight excluding hydrogens is 227 g/mol. The Bertz CT molecular complexity index is 254. The van der Waals surface area contributed by atoms with Crippen molar-refractivity contribution in [2.45, 2.75) is 11.2 Å². The molecule has 2 atom stereocenters. The Morgan fingerprint density at radius 3 is 2.20 bits per heavy atom. The third-order valence-electron chi connectivity index (χ3n) is 2.53. The van der Waals surface area contributed by atoms with Crippen LogP contribution in [0.25, 0.3) is 0 Å². The van der Waals surface area contributed by atoms with Crippen molar-refractivity contribution in [3.05, 3.63) is 0 Å². The Morgan fingerprint density at radius 2 is 1.87 bits per heavy atom. The highest BCUT2D eigenvalue weighted by Gasteiger charge is 2.61. The van der Waals surface area contributed by atoms with Crippen LogP contribution in [0.1, 0.15) is 6.42 Å². The molecule has 0 aliphatic heterocycles. The average Bonchev–Trinajstić information content (AvgIpc) is 2.75. The van der Waals surface area contributed by atoms with E-state index in [0.717, 1.165) is 6.42 Å². The van der Waals surface area contributed by atoms with Crippen LogP contribution in [0.5, 0.6) is 0 Å². The molecule has 85 valence electrons. The molecule has 1 aliphatic rings. The molecule has 0 spiro atoms. The van der Waals surface area contributed by atoms with Gasteiger partial charge in [-0.3, -0.25) is 14.1 Å². The Hall–Kier alpha value is 0.0369. The van der Waals surface area contributed by atoms with Crippen molar-refractivity contribution in [1.29, 1.82) is 0 Å². The van der Waals surface area contributed by atoms with E-state index >= 15 is 0 Å². The molecule has 0 N–H and O–H groups in total. The minimum Gasteiger partial charge on any atom is -0.469 e. The molecule has 0 aromatic rings. The molecule has 1 saturated carbocycles. The van der Waals surface area contributed by atoms with Gasteiger partial charge in [-0.2, -0.15) is 0 Å². The van der Waals surface area contributed by atoms with E-state index in [9.17, 15) is 4.79 Å². The zero-order valence-corrected chi connectivity index (χ0v) is 11.8. The number of carbonyl (C=O) groups excluding carboxylic acids is 1. The van der Waals surface area contributed by atoms with Gasteiger partial charge in [-0.05, 0) is 34.6 Å². The summed E-state index contributed by atoms with van der Waals surface area (Å²) in [6.45, 7) is 0. The van der Waals surface area contributed by atoms with E-state index in [1.54, 1.807) is 0 Å². The van der Waals surface area contributed by atoms with Crippen LogP contribution in [0.4, 0.5) is 0 Å². The fourth-order valence-corrected chi connectivity index (χ4v) is 6.36. The van der Waals surface area contributed by atoms with Crippen molar-refractivity contribution in [2.24, 2.45) is 5.92 Å². The van der Waals surface area contributed by atoms with Crippen LogP contribution in [0.3, 0.4) is 0 Å². The zero-order valence-electron chi connectivity index (χ0n) is 9.94. The maximum Gasteiger partial charge on any atom is 0.309 e. The highest BCUT2D eigenvalue weighted by molar-refractivity contribution is 7.56. The number of esters is 1. The molecule has 3 radical (unpaired) electrons. The smallest absolute Gasteiger partial charge is 0.309 e. The monoisotopic (exact) mass is 245 g/mol. The van der Waals surface area contributed by atoms with Gasteiger partial charge in [0, 0.05) is 23.2 Å². The van der Waals surface area contributed by atoms with Crippen molar-refractivity contribution < 1.29 is 9.53 Å². The molecule has 6 heteroatoms. The van der Waals surface area contributed by atoms with Crippen molar-refractivity contribution in [1.82, 2.24) is 9.34 Å². The lowest BCUT2D eigenvalue weighted by Gasteiger charge is -2.35. The molecule has 1 aliphatic carbocycles. The van der Waals surface area contributed by atoms with Gasteiger partial charge >= 0.3 is 5.97 Å². The predicted molar refractivity (Wildman–Crippen MR) is 62.9 cm³/mol. The Balaban J connectivity index is 2.75. The molecule has 1 rings (SSSR count). The van der Waals surface area contributed by atoms with Crippen molar-refractivity contribution >= 4 is 24.4 Å². The second-order valence-corrected chi connectivity index (χ2v) is 8.48. The number of carbonyl (C=O) groups is 1. The zero-order chi connectivity index (χ0) is 11.8. The Morgan fingerprint density at radius 1 is 1.40 bits per heavy atom. The summed E-state index contributed by atoms with van der Waals surface area (Å²) < 4.78 is 9.02. The first-order valence-electron chi connectivity index (χ1n) is 4.82. The standard InChI is InChI=1S/C9H18N2O2PSi/c1-10(2)14(11(3)4)9(15)6-7(9)8(12)13-5/h7H,6H2,1-5H3/t7-,9-/m0/s1. The molecule has 15 heavy (non-hydrogen) atoms. The summed E-state index contributed by atoms with van der Waals surface area (Å²) in [6, 6.07) is 0. The molecule has 0 unspecified atom stereocenters. The molecule has 0 aromatic heterocycles. The van der Waals surface area contributed by atoms with Gasteiger partial charge in [0.05, 0.1) is 13.0 Å². The van der Waals surface area contributed by atoms with Crippen LogP contribution in [0, 0.1) is 5.92 Å². The Labute approximate surface area is 96.2 Å². The summed E-state index contributed by atoms with van der Waals surface area (Å²) in [4.78, 5) is 11.5. The van der Waals surface area contributed by atoms with Crippen LogP contribution in [0.2, 0.25) is 0 Å². The van der Waals surface area contributed by atoms with Gasteiger partial charge in [0.15, 0.2) is 0 Å². The van der Waals surface area contributed by atoms with Crippen LogP contribution < -0.4 is 0 Å². The predicted octanol–water partition coefficient (Wildman–Crippen LogP) is 0.479. The van der Waals surface area contributed by atoms with E-state index in [1.807, 2.05) is 28.2 Å². The van der Waals surface area contributed by atoms with E-state index < -0.39 is 8.22 Å². The van der Waals surface area contributed by atoms with Gasteiger partial charge in [0.2, 0.25) is 0 Å². The van der Waals surface area contributed by atoms with Crippen molar-refractivity contribution in [2.75, 3.05) is 35.3 Å². The lowest BCUT2D eigenvalue weighted by Crippen LogP contribution is -2.30. The molecule has 0 amide bonds. The van der Waals surface area contributed by atoms with Crippen molar-refractivity contribution in [3.63, 3.8) is 0 Å². The quantitative estimate of drug-likeness (QED) is 0.410. The van der Waals surface area contributed by atoms with Crippen molar-refractivity contribution in [3.8, 4) is 0 Å². The second kappa shape index (κ2) is 4.50. The highest BCUT2D eigenvalue weighted by Crippen LogP contribution is 2.67. The van der Waals surface area contributed by atoms with E-state index in [0.29, 0.717) is 0 Å². The lowest BCUT2D eigenvalue weighted by molar-refractivity contribution is -0.142. The SMILES string of the molecule is COC(=O)[C@@H]1C[C@@]1([Si])P(N(C)C)N(C)C. The molecule has 1 fully saturated rings. The maximum atomic E-state index is 11.5. The molecular formula is C9H18N2O2PSi. The third kappa shape index (κ3) is 2.41. The van der Waals surface area contributed by atoms with E-state index in [2.05, 4.69) is 19.6 Å². The van der Waals surface area contributed by atoms with E-state index in [-0.39, 0.29) is 16.7 Å². The summed E-state index contributed by atoms with van der Waals surface area (Å²) in [5.41, 5.74) is 0. The molecule has 0 saturated heterocycles. The highest BCUT2D eigenvalue weighted by atomic mass is 31.1. The number of ether oxygens (including phenoxy) is 1. The first-order chi connectivity index (χ1) is 6.84. The summed E-state index contributed by atoms with van der Waals surface area (Å²) in [5.74, 6) is -0.115. The minimum absolute atomic E-state index is 0.00456. The summed E-state index contributed by atoms with van der Waals surface area (Å²) >= 11 is 0. The number of hydrogen-bond acceptors (Lipinski definition) is 4. The fraction of sp³-hybridized carbons (Fsp3) is 0.889. The summed E-state index contributed by atoms with van der Waals surface area (Å²) in [6.07, 6.45) is 0.860. The van der Waals surface area contributed by atoms with Crippen LogP contribution in [0.15, 0.2) is 0 Å². The normalized spacial score (nSPS) is 30.1. The number of nitrogens with zero attached hydrogens (tertiary/aromatic N) is 2. The number of methoxy groups -OCH3 is 1. The average molecular weight is 245 g/mol. The number of hydrogen-bond donors (Lipinski definition) is 0. The minimum atomic E-state index is -0.507. The topological polar surface area (TPSA) is 32.8 Å². The molecule has 0 aromatic carbocycles. The summed E-state index contributed by atoms with van der Waals surface area (Å²) in [5, 5.41) is 0. The number of rotatable bonds is 4. The van der Waals surface area contributed by atoms with Gasteiger partial charge in [-0.15, -0.1) is 0 Å². The third-order valence-corrected chi connectivity index (χ3v) is 6.41. The van der Waals surface area contributed by atoms with Gasteiger partial charge in [0.1, 0.15) is 0 Å². The molecule has 0 bridgehead atoms. The van der Waals surface area contributed by atoms with Crippen LogP contribution >= 0.6 is 8.22 Å². The van der Waals surface area contributed by atoms with Gasteiger partial charge < -0.3 is 4.74 Å². The van der Waals surface area contributed by atoms with E-state index in [4.69, 9.17) is 4.74 Å². The van der Waals surface area contributed by atoms with E-state index in [1.165, 1.54) is 7.11 Å². The first kappa shape index (κ1) is 13.1. The fourth-order valence-electron chi connectivity index (χ4n) is 1.97. The largest absolute Gasteiger partial charge is 0.469 e.